The fourth-order valence-corrected chi connectivity index (χ4v) is 2.72. The van der Waals surface area contributed by atoms with Crippen LogP contribution in [0.3, 0.4) is 0 Å². The first-order valence-corrected chi connectivity index (χ1v) is 7.37. The van der Waals surface area contributed by atoms with Crippen molar-refractivity contribution in [2.24, 2.45) is 0 Å². The first kappa shape index (κ1) is 13.9. The zero-order valence-electron chi connectivity index (χ0n) is 12.1. The number of rotatable bonds is 3. The molecule has 0 aliphatic rings. The number of halogens is 1. The summed E-state index contributed by atoms with van der Waals surface area (Å²) >= 11 is 6.09. The predicted octanol–water partition coefficient (Wildman–Crippen LogP) is 4.94. The van der Waals surface area contributed by atoms with Crippen molar-refractivity contribution in [1.82, 2.24) is 4.40 Å². The van der Waals surface area contributed by atoms with Crippen molar-refractivity contribution in [3.8, 4) is 11.1 Å². The lowest BCUT2D eigenvalue weighted by Gasteiger charge is -2.04. The van der Waals surface area contributed by atoms with Crippen molar-refractivity contribution in [3.05, 3.63) is 64.4 Å². The predicted molar refractivity (Wildman–Crippen MR) is 87.3 cm³/mol. The van der Waals surface area contributed by atoms with Gasteiger partial charge >= 0.3 is 0 Å². The normalized spacial score (nSPS) is 11.0. The zero-order valence-corrected chi connectivity index (χ0v) is 12.8. The van der Waals surface area contributed by atoms with Crippen LogP contribution in [0.25, 0.3) is 16.6 Å². The minimum Gasteiger partial charge on any atom is -0.313 e. The summed E-state index contributed by atoms with van der Waals surface area (Å²) in [5.41, 5.74) is 5.88. The van der Waals surface area contributed by atoms with Crippen LogP contribution in [0.5, 0.6) is 0 Å². The van der Waals surface area contributed by atoms with E-state index in [0.29, 0.717) is 5.69 Å². The maximum Gasteiger partial charge on any atom is 0.167 e. The monoisotopic (exact) mass is 297 g/mol. The number of nitrogens with zero attached hydrogens (tertiary/aromatic N) is 1. The van der Waals surface area contributed by atoms with Gasteiger partial charge in [0.2, 0.25) is 0 Å². The van der Waals surface area contributed by atoms with E-state index in [9.17, 15) is 4.79 Å². The lowest BCUT2D eigenvalue weighted by atomic mass is 10.0. The third kappa shape index (κ3) is 2.36. The molecule has 2 aromatic heterocycles. The fourth-order valence-electron chi connectivity index (χ4n) is 2.61. The van der Waals surface area contributed by atoms with Gasteiger partial charge < -0.3 is 4.40 Å². The number of fused-ring (bicyclic) bond motifs is 1. The number of carbonyl (C=O) groups excluding carboxylic acids is 1. The van der Waals surface area contributed by atoms with Gasteiger partial charge in [0.1, 0.15) is 0 Å². The number of hydrogen-bond acceptors (Lipinski definition) is 1. The number of aryl methyl sites for hydroxylation is 2. The first-order valence-electron chi connectivity index (χ1n) is 6.99. The van der Waals surface area contributed by atoms with Crippen LogP contribution in [0.1, 0.15) is 28.5 Å². The number of carbonyl (C=O) groups is 1. The van der Waals surface area contributed by atoms with Gasteiger partial charge in [-0.3, -0.25) is 4.79 Å². The Hall–Kier alpha value is -2.06. The van der Waals surface area contributed by atoms with Crippen molar-refractivity contribution in [2.45, 2.75) is 20.3 Å². The molecule has 21 heavy (non-hydrogen) atoms. The van der Waals surface area contributed by atoms with Crippen molar-refractivity contribution in [1.29, 1.82) is 0 Å². The van der Waals surface area contributed by atoms with Crippen LogP contribution >= 0.6 is 11.6 Å². The van der Waals surface area contributed by atoms with Gasteiger partial charge in [-0.1, -0.05) is 30.7 Å². The standard InChI is InChI=1S/C18H16ClNO/c1-3-13-4-6-15-9-16(18(11-21)20(15)10-13)14-5-7-17(19)12(2)8-14/h4-11H,3H2,1-2H3. The van der Waals surface area contributed by atoms with E-state index in [4.69, 9.17) is 11.6 Å². The third-order valence-electron chi connectivity index (χ3n) is 3.86. The van der Waals surface area contributed by atoms with Gasteiger partial charge in [-0.15, -0.1) is 0 Å². The molecule has 1 aromatic carbocycles. The molecule has 0 atom stereocenters. The summed E-state index contributed by atoms with van der Waals surface area (Å²) in [4.78, 5) is 11.6. The maximum absolute atomic E-state index is 11.6. The van der Waals surface area contributed by atoms with E-state index >= 15 is 0 Å². The fraction of sp³-hybridized carbons (Fsp3) is 0.167. The molecule has 0 saturated carbocycles. The second-order valence-corrected chi connectivity index (χ2v) is 5.62. The van der Waals surface area contributed by atoms with Crippen LogP contribution in [-0.2, 0) is 6.42 Å². The zero-order chi connectivity index (χ0) is 15.0. The number of hydrogen-bond donors (Lipinski definition) is 0. The van der Waals surface area contributed by atoms with E-state index < -0.39 is 0 Å². The van der Waals surface area contributed by atoms with Gasteiger partial charge in [-0.2, -0.15) is 0 Å². The second kappa shape index (κ2) is 5.38. The summed E-state index contributed by atoms with van der Waals surface area (Å²) in [6.45, 7) is 4.08. The Balaban J connectivity index is 2.26. The van der Waals surface area contributed by atoms with Gasteiger partial charge in [0, 0.05) is 22.3 Å². The Kier molecular flexibility index (Phi) is 3.56. The van der Waals surface area contributed by atoms with Crippen LogP contribution in [-0.4, -0.2) is 10.7 Å². The minimum atomic E-state index is 0.682. The molecule has 0 fully saturated rings. The number of aldehydes is 1. The third-order valence-corrected chi connectivity index (χ3v) is 4.28. The van der Waals surface area contributed by atoms with Crippen molar-refractivity contribution < 1.29 is 4.79 Å². The van der Waals surface area contributed by atoms with Crippen molar-refractivity contribution in [3.63, 3.8) is 0 Å². The van der Waals surface area contributed by atoms with Gasteiger partial charge in [0.25, 0.3) is 0 Å². The van der Waals surface area contributed by atoms with Crippen molar-refractivity contribution in [2.75, 3.05) is 0 Å². The van der Waals surface area contributed by atoms with E-state index in [0.717, 1.165) is 39.9 Å². The van der Waals surface area contributed by atoms with Crippen molar-refractivity contribution >= 4 is 23.4 Å². The summed E-state index contributed by atoms with van der Waals surface area (Å²) in [6.07, 6.45) is 3.90. The summed E-state index contributed by atoms with van der Waals surface area (Å²) in [7, 11) is 0. The van der Waals surface area contributed by atoms with E-state index in [1.165, 1.54) is 5.56 Å². The lowest BCUT2D eigenvalue weighted by molar-refractivity contribution is 0.111. The SMILES string of the molecule is CCc1ccc2cc(-c3ccc(Cl)c(C)c3)c(C=O)n2c1. The molecule has 0 amide bonds. The number of benzene rings is 1. The van der Waals surface area contributed by atoms with Crippen LogP contribution in [0, 0.1) is 6.92 Å². The Morgan fingerprint density at radius 1 is 1.19 bits per heavy atom. The number of aromatic nitrogens is 1. The molecule has 3 heteroatoms. The molecule has 2 heterocycles. The highest BCUT2D eigenvalue weighted by Crippen LogP contribution is 2.30. The maximum atomic E-state index is 11.6. The lowest BCUT2D eigenvalue weighted by Crippen LogP contribution is -1.94. The van der Waals surface area contributed by atoms with Crippen LogP contribution in [0.15, 0.2) is 42.6 Å². The highest BCUT2D eigenvalue weighted by Gasteiger charge is 2.12. The molecule has 0 N–H and O–H groups in total. The highest BCUT2D eigenvalue weighted by atomic mass is 35.5. The Morgan fingerprint density at radius 3 is 2.67 bits per heavy atom. The van der Waals surface area contributed by atoms with E-state index in [-0.39, 0.29) is 0 Å². The smallest absolute Gasteiger partial charge is 0.167 e. The molecule has 0 unspecified atom stereocenters. The average Bonchev–Trinajstić information content (AvgIpc) is 2.87. The molecule has 0 saturated heterocycles. The molecule has 3 aromatic rings. The molecule has 106 valence electrons. The first-order chi connectivity index (χ1) is 10.1. The average molecular weight is 298 g/mol. The Morgan fingerprint density at radius 2 is 2.00 bits per heavy atom. The summed E-state index contributed by atoms with van der Waals surface area (Å²) in [6, 6.07) is 12.0. The second-order valence-electron chi connectivity index (χ2n) is 5.21. The summed E-state index contributed by atoms with van der Waals surface area (Å²) < 4.78 is 1.96. The molecule has 0 radical (unpaired) electrons. The quantitative estimate of drug-likeness (QED) is 0.627. The van der Waals surface area contributed by atoms with Crippen LogP contribution in [0.2, 0.25) is 5.02 Å². The van der Waals surface area contributed by atoms with E-state index in [2.05, 4.69) is 19.1 Å². The molecule has 0 bridgehead atoms. The van der Waals surface area contributed by atoms with E-state index in [1.54, 1.807) is 0 Å². The largest absolute Gasteiger partial charge is 0.313 e. The highest BCUT2D eigenvalue weighted by molar-refractivity contribution is 6.31. The van der Waals surface area contributed by atoms with Crippen LogP contribution < -0.4 is 0 Å². The minimum absolute atomic E-state index is 0.682. The molecule has 3 rings (SSSR count). The molecule has 0 aliphatic heterocycles. The van der Waals surface area contributed by atoms with E-state index in [1.807, 2.05) is 41.8 Å². The topological polar surface area (TPSA) is 21.5 Å². The summed E-state index contributed by atoms with van der Waals surface area (Å²) in [5.74, 6) is 0. The van der Waals surface area contributed by atoms with Gasteiger partial charge in [0.15, 0.2) is 6.29 Å². The van der Waals surface area contributed by atoms with Gasteiger partial charge in [0.05, 0.1) is 5.69 Å². The Bertz CT molecular complexity index is 833. The molecular formula is C18H16ClNO. The summed E-state index contributed by atoms with van der Waals surface area (Å²) in [5, 5.41) is 0.739. The number of pyridine rings is 1. The molecule has 0 aliphatic carbocycles. The van der Waals surface area contributed by atoms with Gasteiger partial charge in [-0.05, 0) is 54.3 Å². The van der Waals surface area contributed by atoms with Gasteiger partial charge in [-0.25, -0.2) is 0 Å². The van der Waals surface area contributed by atoms with Crippen LogP contribution in [0.4, 0.5) is 0 Å². The molecular weight excluding hydrogens is 282 g/mol. The molecule has 0 spiro atoms. The Labute approximate surface area is 129 Å². The molecule has 2 nitrogen and oxygen atoms in total.